The van der Waals surface area contributed by atoms with E-state index < -0.39 is 46.8 Å². The van der Waals surface area contributed by atoms with Crippen molar-refractivity contribution in [2.45, 2.75) is 56.2 Å². The molecule has 3 aromatic rings. The monoisotopic (exact) mass is 660 g/mol. The number of carbonyl (C=O) groups is 2. The van der Waals surface area contributed by atoms with Gasteiger partial charge >= 0.3 is 6.09 Å². The van der Waals surface area contributed by atoms with E-state index in [1.165, 1.54) is 24.4 Å². The van der Waals surface area contributed by atoms with Crippen molar-refractivity contribution in [3.8, 4) is 16.9 Å². The smallest absolute Gasteiger partial charge is 0.413 e. The summed E-state index contributed by atoms with van der Waals surface area (Å²) in [5.74, 6) is -2.58. The van der Waals surface area contributed by atoms with Gasteiger partial charge in [0.25, 0.3) is 5.92 Å². The lowest BCUT2D eigenvalue weighted by Gasteiger charge is -2.37. The van der Waals surface area contributed by atoms with Crippen LogP contribution in [0.1, 0.15) is 31.9 Å². The van der Waals surface area contributed by atoms with Crippen LogP contribution >= 0.6 is 11.6 Å². The molecule has 0 radical (unpaired) electrons. The Bertz CT molecular complexity index is 1750. The molecule has 5 rings (SSSR count). The third-order valence-corrected chi connectivity index (χ3v) is 9.37. The molecule has 14 heteroatoms. The van der Waals surface area contributed by atoms with Crippen molar-refractivity contribution >= 4 is 39.4 Å². The molecule has 45 heavy (non-hydrogen) atoms. The molecular formula is C31H31ClF2N4O6S. The first-order valence-corrected chi connectivity index (χ1v) is 15.8. The molecule has 2 N–H and O–H groups in total. The molecule has 1 unspecified atom stereocenters. The van der Waals surface area contributed by atoms with Crippen molar-refractivity contribution in [1.29, 1.82) is 0 Å². The van der Waals surface area contributed by atoms with Gasteiger partial charge in [-0.15, -0.1) is 0 Å². The minimum absolute atomic E-state index is 0.0699. The number of carbonyl (C=O) groups excluding carboxylic acids is 1. The fourth-order valence-electron chi connectivity index (χ4n) is 5.05. The van der Waals surface area contributed by atoms with Gasteiger partial charge in [-0.3, -0.25) is 9.69 Å². The number of hydrogen-bond acceptors (Lipinski definition) is 6. The van der Waals surface area contributed by atoms with Gasteiger partial charge in [-0.1, -0.05) is 29.8 Å². The van der Waals surface area contributed by atoms with E-state index in [0.717, 1.165) is 20.3 Å². The van der Waals surface area contributed by atoms with Crippen LogP contribution in [-0.2, 0) is 27.8 Å². The first-order valence-electron chi connectivity index (χ1n) is 14.0. The summed E-state index contributed by atoms with van der Waals surface area (Å²) in [6, 6.07) is 12.8. The lowest BCUT2D eigenvalue weighted by Crippen LogP contribution is -2.58. The normalized spacial score (nSPS) is 17.8. The van der Waals surface area contributed by atoms with Gasteiger partial charge in [-0.25, -0.2) is 27.0 Å². The maximum atomic E-state index is 13.2. The molecular weight excluding hydrogens is 630 g/mol. The SMILES string of the molecule is CC(C)(C)N(C(=O)O)c1ccc(CNC(=O)C=CC2Cc3cc(-c4ccc(S(=O)(=O)N5CC(F)(F)C5)cc4)cc(Cl)c3O2)cn1. The summed E-state index contributed by atoms with van der Waals surface area (Å²) in [6.07, 6.45) is 3.39. The van der Waals surface area contributed by atoms with Gasteiger partial charge in [0.1, 0.15) is 17.7 Å². The van der Waals surface area contributed by atoms with Crippen LogP contribution < -0.4 is 15.0 Å². The van der Waals surface area contributed by atoms with Crippen LogP contribution in [-0.4, -0.2) is 65.5 Å². The molecule has 2 aliphatic rings. The number of benzene rings is 2. The number of anilines is 1. The van der Waals surface area contributed by atoms with E-state index in [-0.39, 0.29) is 23.2 Å². The zero-order chi connectivity index (χ0) is 32.7. The van der Waals surface area contributed by atoms with Crippen LogP contribution in [0.3, 0.4) is 0 Å². The highest BCUT2D eigenvalue weighted by atomic mass is 35.5. The van der Waals surface area contributed by atoms with Gasteiger partial charge in [-0.2, -0.15) is 4.31 Å². The number of rotatable bonds is 8. The van der Waals surface area contributed by atoms with E-state index >= 15 is 0 Å². The maximum Gasteiger partial charge on any atom is 0.413 e. The Morgan fingerprint density at radius 2 is 1.84 bits per heavy atom. The molecule has 1 atom stereocenters. The fourth-order valence-corrected chi connectivity index (χ4v) is 6.83. The van der Waals surface area contributed by atoms with Crippen LogP contribution in [0.15, 0.2) is 71.8 Å². The Morgan fingerprint density at radius 1 is 1.16 bits per heavy atom. The van der Waals surface area contributed by atoms with Crippen molar-refractivity contribution < 1.29 is 36.6 Å². The van der Waals surface area contributed by atoms with Crippen molar-refractivity contribution in [2.24, 2.45) is 0 Å². The Morgan fingerprint density at radius 3 is 2.42 bits per heavy atom. The van der Waals surface area contributed by atoms with Crippen LogP contribution in [0.5, 0.6) is 5.75 Å². The number of fused-ring (bicyclic) bond motifs is 1. The second-order valence-corrected chi connectivity index (χ2v) is 14.2. The summed E-state index contributed by atoms with van der Waals surface area (Å²) in [6.45, 7) is 3.83. The van der Waals surface area contributed by atoms with Crippen LogP contribution in [0.25, 0.3) is 11.1 Å². The number of halogens is 3. The van der Waals surface area contributed by atoms with Crippen molar-refractivity contribution in [3.63, 3.8) is 0 Å². The van der Waals surface area contributed by atoms with Crippen LogP contribution in [0.4, 0.5) is 19.4 Å². The Hall–Kier alpha value is -4.07. The van der Waals surface area contributed by atoms with E-state index in [9.17, 15) is 31.9 Å². The number of sulfonamides is 1. The lowest BCUT2D eigenvalue weighted by molar-refractivity contribution is -0.116. The van der Waals surface area contributed by atoms with Gasteiger partial charge in [0, 0.05) is 36.3 Å². The molecule has 0 spiro atoms. The second-order valence-electron chi connectivity index (χ2n) is 11.9. The van der Waals surface area contributed by atoms with Crippen molar-refractivity contribution in [3.05, 3.63) is 83.0 Å². The molecule has 10 nitrogen and oxygen atoms in total. The summed E-state index contributed by atoms with van der Waals surface area (Å²) in [7, 11) is -4.00. The highest BCUT2D eigenvalue weighted by Crippen LogP contribution is 2.40. The summed E-state index contributed by atoms with van der Waals surface area (Å²) >= 11 is 6.50. The summed E-state index contributed by atoms with van der Waals surface area (Å²) < 4.78 is 58.3. The number of aromatic nitrogens is 1. The van der Waals surface area contributed by atoms with Crippen molar-refractivity contribution in [1.82, 2.24) is 14.6 Å². The highest BCUT2D eigenvalue weighted by molar-refractivity contribution is 7.89. The third kappa shape index (κ3) is 7.10. The van der Waals surface area contributed by atoms with Gasteiger partial charge in [0.05, 0.1) is 23.0 Å². The zero-order valence-electron chi connectivity index (χ0n) is 24.6. The molecule has 1 aromatic heterocycles. The van der Waals surface area contributed by atoms with Gasteiger partial charge in [0.2, 0.25) is 15.9 Å². The molecule has 1 fully saturated rings. The highest BCUT2D eigenvalue weighted by Gasteiger charge is 2.49. The number of hydrogen-bond donors (Lipinski definition) is 2. The molecule has 0 bridgehead atoms. The minimum atomic E-state index is -4.00. The Kier molecular flexibility index (Phi) is 8.64. The van der Waals surface area contributed by atoms with E-state index in [1.807, 2.05) is 6.07 Å². The maximum absolute atomic E-state index is 13.2. The first-order chi connectivity index (χ1) is 21.0. The average molecular weight is 661 g/mol. The molecule has 2 aliphatic heterocycles. The Balaban J connectivity index is 1.17. The van der Waals surface area contributed by atoms with E-state index in [4.69, 9.17) is 16.3 Å². The first kappa shape index (κ1) is 32.3. The predicted molar refractivity (Wildman–Crippen MR) is 164 cm³/mol. The molecule has 3 heterocycles. The largest absolute Gasteiger partial charge is 0.484 e. The summed E-state index contributed by atoms with van der Waals surface area (Å²) in [5, 5.41) is 12.6. The topological polar surface area (TPSA) is 129 Å². The average Bonchev–Trinajstić information content (AvgIpc) is 3.37. The second kappa shape index (κ2) is 12.0. The van der Waals surface area contributed by atoms with Crippen molar-refractivity contribution in [2.75, 3.05) is 18.0 Å². The minimum Gasteiger partial charge on any atom is -0.484 e. The van der Waals surface area contributed by atoms with Gasteiger partial charge in [0.15, 0.2) is 0 Å². The number of alkyl halides is 2. The van der Waals surface area contributed by atoms with Gasteiger partial charge in [-0.05, 0) is 73.9 Å². The van der Waals surface area contributed by atoms with Gasteiger partial charge < -0.3 is 15.2 Å². The number of carboxylic acid groups (broad SMARTS) is 1. The molecule has 238 valence electrons. The number of pyridine rings is 1. The standard InChI is InChI=1S/C31H31ClF2N4O6S/c1-30(2,3)38(29(40)41)26-10-4-19(15-35-26)16-36-27(39)11-7-23-13-22-12-21(14-25(32)28(22)44-23)20-5-8-24(9-6-20)45(42,43)37-17-31(33,34)18-37/h4-12,14-15,23H,13,16-18H2,1-3H3,(H,36,39)(H,40,41). The lowest BCUT2D eigenvalue weighted by atomic mass is 10.0. The summed E-state index contributed by atoms with van der Waals surface area (Å²) in [5.41, 5.74) is 2.23. The number of nitrogens with one attached hydrogen (secondary N) is 1. The third-order valence-electron chi connectivity index (χ3n) is 7.28. The Labute approximate surface area is 264 Å². The molecule has 1 saturated heterocycles. The molecule has 2 amide bonds. The quantitative estimate of drug-likeness (QED) is 0.305. The predicted octanol–water partition coefficient (Wildman–Crippen LogP) is 5.50. The molecule has 2 aromatic carbocycles. The van der Waals surface area contributed by atoms with Crippen LogP contribution in [0, 0.1) is 0 Å². The van der Waals surface area contributed by atoms with Crippen LogP contribution in [0.2, 0.25) is 5.02 Å². The molecule has 0 aliphatic carbocycles. The summed E-state index contributed by atoms with van der Waals surface area (Å²) in [4.78, 5) is 29.5. The van der Waals surface area contributed by atoms with E-state index in [1.54, 1.807) is 57.2 Å². The number of ether oxygens (including phenoxy) is 1. The zero-order valence-corrected chi connectivity index (χ0v) is 26.2. The number of nitrogens with zero attached hydrogens (tertiary/aromatic N) is 3. The van der Waals surface area contributed by atoms with E-state index in [0.29, 0.717) is 28.3 Å². The fraction of sp³-hybridized carbons (Fsp3) is 0.323. The molecule has 0 saturated carbocycles. The van der Waals surface area contributed by atoms with E-state index in [2.05, 4.69) is 10.3 Å². The number of amides is 2.